The van der Waals surface area contributed by atoms with E-state index in [1.807, 2.05) is 60.0 Å². The first-order valence-corrected chi connectivity index (χ1v) is 8.94. The van der Waals surface area contributed by atoms with Crippen molar-refractivity contribution in [1.82, 2.24) is 19.9 Å². The highest BCUT2D eigenvalue weighted by atomic mass is 32.1. The summed E-state index contributed by atoms with van der Waals surface area (Å²) in [6.45, 7) is 0. The fourth-order valence-corrected chi connectivity index (χ4v) is 3.54. The molecule has 0 amide bonds. The molecular formula is C20H12N4OS. The molecule has 26 heavy (non-hydrogen) atoms. The number of pyridine rings is 2. The number of fused-ring (bicyclic) bond motifs is 2. The van der Waals surface area contributed by atoms with Crippen molar-refractivity contribution in [1.29, 1.82) is 0 Å². The topological polar surface area (TPSA) is 60.8 Å². The van der Waals surface area contributed by atoms with Gasteiger partial charge in [-0.1, -0.05) is 30.3 Å². The average molecular weight is 356 g/mol. The molecule has 4 aromatic heterocycles. The molecule has 6 heteroatoms. The van der Waals surface area contributed by atoms with E-state index in [1.54, 1.807) is 17.5 Å². The van der Waals surface area contributed by atoms with E-state index >= 15 is 0 Å². The van der Waals surface area contributed by atoms with Crippen LogP contribution in [0.5, 0.6) is 11.6 Å². The van der Waals surface area contributed by atoms with Crippen molar-refractivity contribution in [2.75, 3.05) is 0 Å². The van der Waals surface area contributed by atoms with Crippen LogP contribution in [-0.2, 0) is 0 Å². The molecule has 5 nitrogen and oxygen atoms in total. The number of hydrogen-bond donors (Lipinski definition) is 0. The van der Waals surface area contributed by atoms with Gasteiger partial charge in [-0.15, -0.1) is 11.3 Å². The molecule has 1 aromatic carbocycles. The first kappa shape index (κ1) is 14.9. The van der Waals surface area contributed by atoms with Crippen LogP contribution >= 0.6 is 11.3 Å². The lowest BCUT2D eigenvalue weighted by Gasteiger charge is -2.11. The van der Waals surface area contributed by atoms with Crippen LogP contribution in [0.2, 0.25) is 0 Å². The van der Waals surface area contributed by atoms with Crippen molar-refractivity contribution in [3.8, 4) is 22.9 Å². The Kier molecular flexibility index (Phi) is 3.54. The summed E-state index contributed by atoms with van der Waals surface area (Å²) in [6.07, 6.45) is 3.26. The molecule has 4 heterocycles. The lowest BCUT2D eigenvalue weighted by molar-refractivity contribution is 0.469. The minimum Gasteiger partial charge on any atom is -0.436 e. The Morgan fingerprint density at radius 3 is 2.73 bits per heavy atom. The van der Waals surface area contributed by atoms with Crippen LogP contribution in [0.3, 0.4) is 0 Å². The van der Waals surface area contributed by atoms with E-state index in [-0.39, 0.29) is 0 Å². The number of nitrogens with zero attached hydrogens (tertiary/aromatic N) is 4. The maximum Gasteiger partial charge on any atom is 0.231 e. The predicted molar refractivity (Wildman–Crippen MR) is 102 cm³/mol. The highest BCUT2D eigenvalue weighted by Crippen LogP contribution is 2.36. The van der Waals surface area contributed by atoms with E-state index in [0.29, 0.717) is 17.3 Å². The number of rotatable bonds is 3. The van der Waals surface area contributed by atoms with Crippen molar-refractivity contribution in [2.24, 2.45) is 0 Å². The summed E-state index contributed by atoms with van der Waals surface area (Å²) in [7, 11) is 0. The Morgan fingerprint density at radius 1 is 0.885 bits per heavy atom. The van der Waals surface area contributed by atoms with Crippen molar-refractivity contribution in [2.45, 2.75) is 0 Å². The van der Waals surface area contributed by atoms with Crippen LogP contribution in [-0.4, -0.2) is 19.9 Å². The fraction of sp³-hybridized carbons (Fsp3) is 0. The number of hydrogen-bond acceptors (Lipinski definition) is 6. The number of thiophene rings is 1. The fourth-order valence-electron chi connectivity index (χ4n) is 2.82. The molecule has 0 bridgehead atoms. The summed E-state index contributed by atoms with van der Waals surface area (Å²) in [5.41, 5.74) is 2.38. The van der Waals surface area contributed by atoms with E-state index in [0.717, 1.165) is 26.9 Å². The largest absolute Gasteiger partial charge is 0.436 e. The average Bonchev–Trinajstić information content (AvgIpc) is 3.18. The molecule has 0 saturated carbocycles. The minimum absolute atomic E-state index is 0.526. The van der Waals surface area contributed by atoms with Crippen LogP contribution in [0.25, 0.3) is 32.5 Å². The summed E-state index contributed by atoms with van der Waals surface area (Å²) >= 11 is 1.56. The van der Waals surface area contributed by atoms with Crippen molar-refractivity contribution < 1.29 is 4.74 Å². The molecule has 5 rings (SSSR count). The molecule has 0 spiro atoms. The molecule has 5 aromatic rings. The predicted octanol–water partition coefficient (Wildman–Crippen LogP) is 5.09. The summed E-state index contributed by atoms with van der Waals surface area (Å²) in [6, 6.07) is 17.7. The van der Waals surface area contributed by atoms with Gasteiger partial charge in [-0.3, -0.25) is 0 Å². The highest BCUT2D eigenvalue weighted by molar-refractivity contribution is 7.16. The maximum absolute atomic E-state index is 6.21. The third kappa shape index (κ3) is 2.57. The molecule has 0 unspecified atom stereocenters. The Morgan fingerprint density at radius 2 is 1.81 bits per heavy atom. The third-order valence-electron chi connectivity index (χ3n) is 4.03. The summed E-state index contributed by atoms with van der Waals surface area (Å²) < 4.78 is 6.21. The highest BCUT2D eigenvalue weighted by Gasteiger charge is 2.14. The minimum atomic E-state index is 0.526. The zero-order chi connectivity index (χ0) is 17.3. The second kappa shape index (κ2) is 6.16. The second-order valence-electron chi connectivity index (χ2n) is 5.67. The van der Waals surface area contributed by atoms with Gasteiger partial charge in [0.25, 0.3) is 0 Å². The van der Waals surface area contributed by atoms with E-state index in [2.05, 4.69) is 15.0 Å². The number of aromatic nitrogens is 4. The zero-order valence-corrected chi connectivity index (χ0v) is 14.4. The number of benzene rings is 1. The molecular weight excluding hydrogens is 344 g/mol. The van der Waals surface area contributed by atoms with Gasteiger partial charge < -0.3 is 4.74 Å². The van der Waals surface area contributed by atoms with Gasteiger partial charge in [0.1, 0.15) is 16.9 Å². The lowest BCUT2D eigenvalue weighted by Crippen LogP contribution is -1.96. The zero-order valence-electron chi connectivity index (χ0n) is 13.5. The van der Waals surface area contributed by atoms with Crippen molar-refractivity contribution in [3.63, 3.8) is 0 Å². The van der Waals surface area contributed by atoms with Gasteiger partial charge in [-0.25, -0.2) is 19.9 Å². The Labute approximate surface area is 153 Å². The van der Waals surface area contributed by atoms with Crippen LogP contribution in [0, 0.1) is 0 Å². The normalized spacial score (nSPS) is 11.1. The monoisotopic (exact) mass is 356 g/mol. The molecule has 0 atom stereocenters. The first-order valence-electron chi connectivity index (χ1n) is 8.06. The SMILES string of the molecule is c1ccc(-c2nc3ncccc3cc2Oc2ncnc3sccc23)cc1. The quantitative estimate of drug-likeness (QED) is 0.450. The molecule has 0 N–H and O–H groups in total. The van der Waals surface area contributed by atoms with Gasteiger partial charge in [-0.2, -0.15) is 0 Å². The van der Waals surface area contributed by atoms with Crippen LogP contribution in [0.4, 0.5) is 0 Å². The molecule has 0 saturated heterocycles. The van der Waals surface area contributed by atoms with E-state index in [1.165, 1.54) is 6.33 Å². The molecule has 0 fully saturated rings. The van der Waals surface area contributed by atoms with Crippen molar-refractivity contribution >= 4 is 32.6 Å². The van der Waals surface area contributed by atoms with Gasteiger partial charge >= 0.3 is 0 Å². The number of ether oxygens (including phenoxy) is 1. The van der Waals surface area contributed by atoms with E-state index < -0.39 is 0 Å². The van der Waals surface area contributed by atoms with Gasteiger partial charge in [0, 0.05) is 17.1 Å². The van der Waals surface area contributed by atoms with E-state index in [4.69, 9.17) is 9.72 Å². The van der Waals surface area contributed by atoms with Crippen molar-refractivity contribution in [3.05, 3.63) is 72.5 Å². The standard InChI is InChI=1S/C20H12N4OS/c1-2-5-13(6-3-1)17-16(11-14-7-4-9-21-18(14)24-17)25-19-15-8-10-26-20(15)23-12-22-19/h1-12H. The van der Waals surface area contributed by atoms with E-state index in [9.17, 15) is 0 Å². The molecule has 0 aliphatic heterocycles. The summed E-state index contributed by atoms with van der Waals surface area (Å²) in [5.74, 6) is 1.17. The molecule has 0 radical (unpaired) electrons. The Hall–Kier alpha value is -3.38. The Balaban J connectivity index is 1.71. The van der Waals surface area contributed by atoms with Crippen LogP contribution in [0.15, 0.2) is 72.5 Å². The van der Waals surface area contributed by atoms with Crippen LogP contribution < -0.4 is 4.74 Å². The van der Waals surface area contributed by atoms with Gasteiger partial charge in [0.15, 0.2) is 11.4 Å². The van der Waals surface area contributed by atoms with Gasteiger partial charge in [-0.05, 0) is 29.6 Å². The van der Waals surface area contributed by atoms with Gasteiger partial charge in [0.05, 0.1) is 5.39 Å². The molecule has 0 aliphatic carbocycles. The summed E-state index contributed by atoms with van der Waals surface area (Å²) in [5, 5.41) is 3.79. The lowest BCUT2D eigenvalue weighted by atomic mass is 10.1. The smallest absolute Gasteiger partial charge is 0.231 e. The third-order valence-corrected chi connectivity index (χ3v) is 4.85. The van der Waals surface area contributed by atoms with Gasteiger partial charge in [0.2, 0.25) is 5.88 Å². The Bertz CT molecular complexity index is 1220. The molecule has 0 aliphatic rings. The second-order valence-corrected chi connectivity index (χ2v) is 6.57. The summed E-state index contributed by atoms with van der Waals surface area (Å²) in [4.78, 5) is 18.6. The molecule has 124 valence electrons. The first-order chi connectivity index (χ1) is 12.9. The van der Waals surface area contributed by atoms with Crippen LogP contribution in [0.1, 0.15) is 0 Å². The maximum atomic E-state index is 6.21.